The molecule has 35 heavy (non-hydrogen) atoms. The molecule has 1 saturated heterocycles. The first-order valence-corrected chi connectivity index (χ1v) is 10.5. The van der Waals surface area contributed by atoms with E-state index in [2.05, 4.69) is 4.74 Å². The van der Waals surface area contributed by atoms with E-state index >= 15 is 0 Å². The predicted molar refractivity (Wildman–Crippen MR) is 122 cm³/mol. The van der Waals surface area contributed by atoms with Crippen LogP contribution < -0.4 is 14.4 Å². The van der Waals surface area contributed by atoms with Gasteiger partial charge in [0.25, 0.3) is 11.7 Å². The van der Waals surface area contributed by atoms with Crippen molar-refractivity contribution in [2.75, 3.05) is 12.0 Å². The molecule has 3 aromatic rings. The Labute approximate surface area is 198 Å². The molecule has 0 bridgehead atoms. The lowest BCUT2D eigenvalue weighted by molar-refractivity contribution is -0.274. The molecule has 1 atom stereocenters. The zero-order chi connectivity index (χ0) is 25.3. The van der Waals surface area contributed by atoms with E-state index in [1.54, 1.807) is 55.5 Å². The third-order valence-corrected chi connectivity index (χ3v) is 5.52. The third-order valence-electron chi connectivity index (χ3n) is 5.52. The number of nitrogens with zero attached hydrogens (tertiary/aromatic N) is 1. The van der Waals surface area contributed by atoms with Crippen LogP contribution in [0.1, 0.15) is 22.7 Å². The number of Topliss-reactive ketones (excluding diaryl/α,β-unsaturated/α-hetero) is 1. The molecular formula is C26H20F3NO5. The number of amides is 1. The van der Waals surface area contributed by atoms with Crippen molar-refractivity contribution in [1.82, 2.24) is 0 Å². The Morgan fingerprint density at radius 2 is 1.63 bits per heavy atom. The van der Waals surface area contributed by atoms with Crippen LogP contribution in [0.5, 0.6) is 11.5 Å². The number of benzene rings is 3. The molecule has 1 N–H and O–H groups in total. The molecule has 9 heteroatoms. The summed E-state index contributed by atoms with van der Waals surface area (Å²) in [5.74, 6) is -2.46. The number of rotatable bonds is 5. The van der Waals surface area contributed by atoms with Crippen molar-refractivity contribution < 1.29 is 37.3 Å². The lowest BCUT2D eigenvalue weighted by atomic mass is 9.94. The zero-order valence-electron chi connectivity index (χ0n) is 18.7. The molecule has 0 saturated carbocycles. The van der Waals surface area contributed by atoms with Crippen LogP contribution in [-0.2, 0) is 9.59 Å². The molecule has 1 unspecified atom stereocenters. The fourth-order valence-electron chi connectivity index (χ4n) is 4.01. The summed E-state index contributed by atoms with van der Waals surface area (Å²) in [5, 5.41) is 11.3. The Bertz CT molecular complexity index is 1300. The summed E-state index contributed by atoms with van der Waals surface area (Å²) in [6.07, 6.45) is -4.87. The van der Waals surface area contributed by atoms with E-state index in [1.807, 2.05) is 0 Å². The highest BCUT2D eigenvalue weighted by molar-refractivity contribution is 6.51. The number of alkyl halides is 3. The molecule has 1 heterocycles. The zero-order valence-corrected chi connectivity index (χ0v) is 18.7. The SMILES string of the molecule is COc1ccc(C)cc1/C(O)=C1\C(=O)C(=O)N(c2ccc(OC(F)(F)F)cc2)C1c1ccccc1. The van der Waals surface area contributed by atoms with Crippen molar-refractivity contribution >= 4 is 23.1 Å². The molecule has 1 amide bonds. The summed E-state index contributed by atoms with van der Waals surface area (Å²) in [6.45, 7) is 1.80. The van der Waals surface area contributed by atoms with E-state index in [1.165, 1.54) is 19.2 Å². The Morgan fingerprint density at radius 3 is 2.23 bits per heavy atom. The van der Waals surface area contributed by atoms with Crippen molar-refractivity contribution in [3.63, 3.8) is 0 Å². The predicted octanol–water partition coefficient (Wildman–Crippen LogP) is 5.53. The highest BCUT2D eigenvalue weighted by Gasteiger charge is 2.47. The second-order valence-electron chi connectivity index (χ2n) is 7.83. The van der Waals surface area contributed by atoms with Crippen LogP contribution in [-0.4, -0.2) is 30.3 Å². The fourth-order valence-corrected chi connectivity index (χ4v) is 4.01. The summed E-state index contributed by atoms with van der Waals surface area (Å²) < 4.78 is 46.9. The van der Waals surface area contributed by atoms with Gasteiger partial charge < -0.3 is 14.6 Å². The van der Waals surface area contributed by atoms with Crippen LogP contribution in [0.25, 0.3) is 5.76 Å². The van der Waals surface area contributed by atoms with Gasteiger partial charge in [0.2, 0.25) is 0 Å². The van der Waals surface area contributed by atoms with Crippen molar-refractivity contribution in [3.05, 3.63) is 95.1 Å². The molecule has 180 valence electrons. The minimum Gasteiger partial charge on any atom is -0.507 e. The van der Waals surface area contributed by atoms with Crippen LogP contribution in [0, 0.1) is 6.92 Å². The molecule has 0 aliphatic carbocycles. The average Bonchev–Trinajstić information content (AvgIpc) is 3.09. The molecule has 0 radical (unpaired) electrons. The van der Waals surface area contributed by atoms with Gasteiger partial charge in [0.15, 0.2) is 0 Å². The number of hydrogen-bond donors (Lipinski definition) is 1. The maximum Gasteiger partial charge on any atom is 0.573 e. The smallest absolute Gasteiger partial charge is 0.507 e. The largest absolute Gasteiger partial charge is 0.573 e. The van der Waals surface area contributed by atoms with E-state index in [0.29, 0.717) is 11.3 Å². The lowest BCUT2D eigenvalue weighted by Gasteiger charge is -2.25. The van der Waals surface area contributed by atoms with Crippen molar-refractivity contribution in [2.45, 2.75) is 19.3 Å². The van der Waals surface area contributed by atoms with Crippen LogP contribution in [0.4, 0.5) is 18.9 Å². The summed E-state index contributed by atoms with van der Waals surface area (Å²) in [4.78, 5) is 27.5. The minimum absolute atomic E-state index is 0.158. The number of aliphatic hydroxyl groups excluding tert-OH is 1. The topological polar surface area (TPSA) is 76.1 Å². The number of hydrogen-bond acceptors (Lipinski definition) is 5. The normalized spacial score (nSPS) is 17.5. The van der Waals surface area contributed by atoms with Gasteiger partial charge in [-0.2, -0.15) is 0 Å². The van der Waals surface area contributed by atoms with Gasteiger partial charge in [-0.1, -0.05) is 42.0 Å². The molecular weight excluding hydrogens is 463 g/mol. The maximum absolute atomic E-state index is 13.2. The standard InChI is InChI=1S/C26H20F3NO5/c1-15-8-13-20(34-2)19(14-15)23(31)21-22(16-6-4-3-5-7-16)30(25(33)24(21)32)17-9-11-18(12-10-17)35-26(27,28)29/h3-14,22,31H,1-2H3/b23-21+. The first kappa shape index (κ1) is 23.9. The van der Waals surface area contributed by atoms with E-state index in [0.717, 1.165) is 22.6 Å². The molecule has 6 nitrogen and oxygen atoms in total. The number of methoxy groups -OCH3 is 1. The minimum atomic E-state index is -4.87. The van der Waals surface area contributed by atoms with Gasteiger partial charge >= 0.3 is 6.36 Å². The Balaban J connectivity index is 1.88. The molecule has 1 aliphatic heterocycles. The number of aryl methyl sites for hydroxylation is 1. The summed E-state index contributed by atoms with van der Waals surface area (Å²) in [5.41, 5.74) is 1.54. The first-order valence-electron chi connectivity index (χ1n) is 10.5. The van der Waals surface area contributed by atoms with Gasteiger partial charge in [0, 0.05) is 5.69 Å². The van der Waals surface area contributed by atoms with E-state index in [4.69, 9.17) is 4.74 Å². The van der Waals surface area contributed by atoms with Crippen molar-refractivity contribution in [3.8, 4) is 11.5 Å². The molecule has 0 spiro atoms. The van der Waals surface area contributed by atoms with Crippen molar-refractivity contribution in [1.29, 1.82) is 0 Å². The monoisotopic (exact) mass is 483 g/mol. The second-order valence-corrected chi connectivity index (χ2v) is 7.83. The van der Waals surface area contributed by atoms with E-state index < -0.39 is 35.6 Å². The third kappa shape index (κ3) is 4.70. The molecule has 1 fully saturated rings. The van der Waals surface area contributed by atoms with Gasteiger partial charge in [-0.05, 0) is 48.9 Å². The quantitative estimate of drug-likeness (QED) is 0.294. The number of carbonyl (C=O) groups is 2. The maximum atomic E-state index is 13.2. The summed E-state index contributed by atoms with van der Waals surface area (Å²) in [6, 6.07) is 17.1. The van der Waals surface area contributed by atoms with Crippen molar-refractivity contribution in [2.24, 2.45) is 0 Å². The second kappa shape index (κ2) is 9.17. The Hall–Kier alpha value is -4.27. The highest BCUT2D eigenvalue weighted by Crippen LogP contribution is 2.43. The number of aliphatic hydroxyl groups is 1. The Morgan fingerprint density at radius 1 is 0.971 bits per heavy atom. The number of ketones is 1. The van der Waals surface area contributed by atoms with Crippen LogP contribution in [0.15, 0.2) is 78.4 Å². The average molecular weight is 483 g/mol. The summed E-state index contributed by atoms with van der Waals surface area (Å²) >= 11 is 0. The number of carbonyl (C=O) groups excluding carboxylic acids is 2. The molecule has 4 rings (SSSR count). The van der Waals surface area contributed by atoms with Gasteiger partial charge in [0.05, 0.1) is 24.3 Å². The lowest BCUT2D eigenvalue weighted by Crippen LogP contribution is -2.29. The molecule has 3 aromatic carbocycles. The number of ether oxygens (including phenoxy) is 2. The van der Waals surface area contributed by atoms with Gasteiger partial charge in [-0.15, -0.1) is 13.2 Å². The highest BCUT2D eigenvalue weighted by atomic mass is 19.4. The van der Waals surface area contributed by atoms with Crippen LogP contribution in [0.3, 0.4) is 0 Å². The Kier molecular flexibility index (Phi) is 6.26. The molecule has 0 aromatic heterocycles. The molecule has 1 aliphatic rings. The van der Waals surface area contributed by atoms with Crippen LogP contribution in [0.2, 0.25) is 0 Å². The van der Waals surface area contributed by atoms with Gasteiger partial charge in [-0.25, -0.2) is 0 Å². The van der Waals surface area contributed by atoms with E-state index in [-0.39, 0.29) is 16.8 Å². The van der Waals surface area contributed by atoms with Gasteiger partial charge in [-0.3, -0.25) is 14.5 Å². The van der Waals surface area contributed by atoms with Gasteiger partial charge in [0.1, 0.15) is 17.3 Å². The number of halogens is 3. The van der Waals surface area contributed by atoms with E-state index in [9.17, 15) is 27.9 Å². The first-order chi connectivity index (χ1) is 16.6. The fraction of sp³-hybridized carbons (Fsp3) is 0.154. The van der Waals surface area contributed by atoms with Crippen LogP contribution >= 0.6 is 0 Å². The summed E-state index contributed by atoms with van der Waals surface area (Å²) in [7, 11) is 1.42. The number of anilines is 1.